The maximum atomic E-state index is 12.9. The van der Waals surface area contributed by atoms with E-state index in [9.17, 15) is 4.39 Å². The van der Waals surface area contributed by atoms with Gasteiger partial charge in [-0.1, -0.05) is 26.0 Å². The molecule has 0 aliphatic rings. The Morgan fingerprint density at radius 1 is 1.18 bits per heavy atom. The molecule has 0 aliphatic heterocycles. The maximum absolute atomic E-state index is 12.9. The van der Waals surface area contributed by atoms with Crippen LogP contribution in [0.25, 0.3) is 0 Å². The summed E-state index contributed by atoms with van der Waals surface area (Å²) in [5, 5.41) is 0. The van der Waals surface area contributed by atoms with Crippen LogP contribution in [0.5, 0.6) is 0 Å². The number of hydrogen-bond acceptors (Lipinski definition) is 1. The molecule has 0 bridgehead atoms. The molecule has 0 spiro atoms. The van der Waals surface area contributed by atoms with Crippen LogP contribution in [0, 0.1) is 5.82 Å². The highest BCUT2D eigenvalue weighted by molar-refractivity contribution is 5.20. The van der Waals surface area contributed by atoms with Crippen molar-refractivity contribution in [1.82, 2.24) is 4.90 Å². The summed E-state index contributed by atoms with van der Waals surface area (Å²) >= 11 is 0. The molecule has 1 atom stereocenters. The molecule has 0 saturated heterocycles. The summed E-state index contributed by atoms with van der Waals surface area (Å²) in [5.74, 6) is 0.426. The minimum Gasteiger partial charge on any atom is -0.307 e. The van der Waals surface area contributed by atoms with Crippen molar-refractivity contribution in [2.75, 3.05) is 20.1 Å². The van der Waals surface area contributed by atoms with E-state index < -0.39 is 0 Å². The van der Waals surface area contributed by atoms with E-state index in [2.05, 4.69) is 25.8 Å². The zero-order valence-corrected chi connectivity index (χ0v) is 11.2. The normalized spacial score (nSPS) is 13.0. The Balaban J connectivity index is 2.45. The largest absolute Gasteiger partial charge is 0.307 e. The smallest absolute Gasteiger partial charge is 0.123 e. The highest BCUT2D eigenvalue weighted by Crippen LogP contribution is 2.24. The third-order valence-electron chi connectivity index (χ3n) is 3.47. The molecule has 1 aromatic carbocycles. The quantitative estimate of drug-likeness (QED) is 0.691. The van der Waals surface area contributed by atoms with Gasteiger partial charge in [-0.05, 0) is 63.0 Å². The molecule has 0 fully saturated rings. The Morgan fingerprint density at radius 2 is 1.82 bits per heavy atom. The molecular formula is C15H24FN. The van der Waals surface area contributed by atoms with Crippen LogP contribution in [-0.2, 0) is 0 Å². The molecule has 0 amide bonds. The van der Waals surface area contributed by atoms with Crippen LogP contribution in [0.2, 0.25) is 0 Å². The Bertz CT molecular complexity index is 307. The van der Waals surface area contributed by atoms with Crippen LogP contribution in [0.3, 0.4) is 0 Å². The molecule has 1 unspecified atom stereocenters. The Hall–Kier alpha value is -0.890. The fourth-order valence-electron chi connectivity index (χ4n) is 2.11. The third-order valence-corrected chi connectivity index (χ3v) is 3.47. The first-order valence-corrected chi connectivity index (χ1v) is 6.61. The highest BCUT2D eigenvalue weighted by Gasteiger charge is 2.09. The van der Waals surface area contributed by atoms with Gasteiger partial charge in [-0.3, -0.25) is 0 Å². The van der Waals surface area contributed by atoms with Gasteiger partial charge in [0.25, 0.3) is 0 Å². The number of halogens is 1. The lowest BCUT2D eigenvalue weighted by atomic mass is 9.92. The second kappa shape index (κ2) is 7.44. The molecule has 0 radical (unpaired) electrons. The summed E-state index contributed by atoms with van der Waals surface area (Å²) in [5.41, 5.74) is 1.27. The Labute approximate surface area is 105 Å². The van der Waals surface area contributed by atoms with Gasteiger partial charge in [0.1, 0.15) is 5.82 Å². The van der Waals surface area contributed by atoms with Gasteiger partial charge in [-0.2, -0.15) is 0 Å². The molecule has 0 aromatic heterocycles. The lowest BCUT2D eigenvalue weighted by molar-refractivity contribution is 0.336. The molecule has 0 aliphatic carbocycles. The van der Waals surface area contributed by atoms with Crippen LogP contribution in [0.4, 0.5) is 4.39 Å². The average Bonchev–Trinajstić information content (AvgIpc) is 2.35. The van der Waals surface area contributed by atoms with E-state index in [4.69, 9.17) is 0 Å². The summed E-state index contributed by atoms with van der Waals surface area (Å²) in [4.78, 5) is 2.33. The summed E-state index contributed by atoms with van der Waals surface area (Å²) in [6.45, 7) is 6.64. The molecule has 0 saturated carbocycles. The van der Waals surface area contributed by atoms with Crippen molar-refractivity contribution in [1.29, 1.82) is 0 Å². The zero-order chi connectivity index (χ0) is 12.7. The van der Waals surface area contributed by atoms with Crippen molar-refractivity contribution in [3.63, 3.8) is 0 Å². The summed E-state index contributed by atoms with van der Waals surface area (Å²) in [7, 11) is 2.15. The molecule has 96 valence electrons. The lowest BCUT2D eigenvalue weighted by Crippen LogP contribution is -2.19. The van der Waals surface area contributed by atoms with Crippen molar-refractivity contribution in [3.05, 3.63) is 35.6 Å². The van der Waals surface area contributed by atoms with Crippen LogP contribution < -0.4 is 0 Å². The first kappa shape index (κ1) is 14.2. The van der Waals surface area contributed by atoms with E-state index in [1.54, 1.807) is 12.1 Å². The molecule has 2 heteroatoms. The van der Waals surface area contributed by atoms with Gasteiger partial charge in [0, 0.05) is 0 Å². The molecule has 1 aromatic rings. The number of benzene rings is 1. The molecule has 1 rings (SSSR count). The van der Waals surface area contributed by atoms with Crippen LogP contribution in [0.15, 0.2) is 24.3 Å². The van der Waals surface area contributed by atoms with Crippen LogP contribution in [0.1, 0.15) is 44.6 Å². The fraction of sp³-hybridized carbons (Fsp3) is 0.600. The second-order valence-corrected chi connectivity index (χ2v) is 4.69. The first-order valence-electron chi connectivity index (χ1n) is 6.61. The van der Waals surface area contributed by atoms with Gasteiger partial charge in [0.15, 0.2) is 0 Å². The Morgan fingerprint density at radius 3 is 2.35 bits per heavy atom. The highest BCUT2D eigenvalue weighted by atomic mass is 19.1. The van der Waals surface area contributed by atoms with Crippen molar-refractivity contribution in [3.8, 4) is 0 Å². The van der Waals surface area contributed by atoms with Gasteiger partial charge in [0.05, 0.1) is 0 Å². The average molecular weight is 237 g/mol. The molecule has 1 nitrogen and oxygen atoms in total. The summed E-state index contributed by atoms with van der Waals surface area (Å²) in [6.07, 6.45) is 3.52. The van der Waals surface area contributed by atoms with Crippen molar-refractivity contribution < 1.29 is 4.39 Å². The number of nitrogens with zero attached hydrogens (tertiary/aromatic N) is 1. The van der Waals surface area contributed by atoms with Crippen LogP contribution in [-0.4, -0.2) is 25.0 Å². The van der Waals surface area contributed by atoms with Crippen LogP contribution >= 0.6 is 0 Å². The Kier molecular flexibility index (Phi) is 6.20. The predicted molar refractivity (Wildman–Crippen MR) is 71.8 cm³/mol. The number of hydrogen-bond donors (Lipinski definition) is 0. The van der Waals surface area contributed by atoms with E-state index in [1.807, 2.05) is 12.1 Å². The van der Waals surface area contributed by atoms with Gasteiger partial charge in [-0.15, -0.1) is 0 Å². The SMILES string of the molecule is CCC(CCCN(C)CC)c1ccc(F)cc1. The van der Waals surface area contributed by atoms with E-state index >= 15 is 0 Å². The molecule has 17 heavy (non-hydrogen) atoms. The molecule has 0 heterocycles. The van der Waals surface area contributed by atoms with E-state index in [1.165, 1.54) is 18.4 Å². The fourth-order valence-corrected chi connectivity index (χ4v) is 2.11. The maximum Gasteiger partial charge on any atom is 0.123 e. The van der Waals surface area contributed by atoms with Crippen molar-refractivity contribution in [2.45, 2.75) is 39.0 Å². The van der Waals surface area contributed by atoms with Crippen molar-refractivity contribution in [2.24, 2.45) is 0 Å². The second-order valence-electron chi connectivity index (χ2n) is 4.69. The van der Waals surface area contributed by atoms with Crippen molar-refractivity contribution >= 4 is 0 Å². The van der Waals surface area contributed by atoms with E-state index in [0.717, 1.165) is 19.5 Å². The standard InChI is InChI=1S/C15H24FN/c1-4-13(7-6-12-17(3)5-2)14-8-10-15(16)11-9-14/h8-11,13H,4-7,12H2,1-3H3. The zero-order valence-electron chi connectivity index (χ0n) is 11.2. The van der Waals surface area contributed by atoms with E-state index in [0.29, 0.717) is 5.92 Å². The molecule has 0 N–H and O–H groups in total. The van der Waals surface area contributed by atoms with E-state index in [-0.39, 0.29) is 5.82 Å². The summed E-state index contributed by atoms with van der Waals surface area (Å²) in [6, 6.07) is 6.98. The lowest BCUT2D eigenvalue weighted by Gasteiger charge is -2.18. The van der Waals surface area contributed by atoms with Gasteiger partial charge in [0.2, 0.25) is 0 Å². The van der Waals surface area contributed by atoms with Gasteiger partial charge < -0.3 is 4.90 Å². The minimum atomic E-state index is -0.144. The predicted octanol–water partition coefficient (Wildman–Crippen LogP) is 4.05. The molecular weight excluding hydrogens is 213 g/mol. The first-order chi connectivity index (χ1) is 8.17. The monoisotopic (exact) mass is 237 g/mol. The third kappa shape index (κ3) is 4.86. The van der Waals surface area contributed by atoms with Gasteiger partial charge in [-0.25, -0.2) is 4.39 Å². The summed E-state index contributed by atoms with van der Waals surface area (Å²) < 4.78 is 12.9. The minimum absolute atomic E-state index is 0.144. The number of rotatable bonds is 7. The van der Waals surface area contributed by atoms with Gasteiger partial charge >= 0.3 is 0 Å². The topological polar surface area (TPSA) is 3.24 Å².